The van der Waals surface area contributed by atoms with Gasteiger partial charge in [-0.25, -0.2) is 0 Å². The lowest BCUT2D eigenvalue weighted by Crippen LogP contribution is -2.17. The maximum atomic E-state index is 12.6. The lowest BCUT2D eigenvalue weighted by Gasteiger charge is -2.19. The first-order valence-corrected chi connectivity index (χ1v) is 10.3. The van der Waals surface area contributed by atoms with Gasteiger partial charge in [-0.05, 0) is 79.4 Å². The minimum Gasteiger partial charge on any atom is -0.497 e. The first-order chi connectivity index (χ1) is 14.2. The zero-order valence-electron chi connectivity index (χ0n) is 16.4. The lowest BCUT2D eigenvalue weighted by atomic mass is 9.90. The van der Waals surface area contributed by atoms with Crippen molar-refractivity contribution in [2.75, 3.05) is 12.4 Å². The van der Waals surface area contributed by atoms with Crippen LogP contribution in [0.2, 0.25) is 0 Å². The molecule has 0 radical (unpaired) electrons. The first-order valence-electron chi connectivity index (χ1n) is 9.86. The van der Waals surface area contributed by atoms with Crippen LogP contribution in [0.25, 0.3) is 11.4 Å². The summed E-state index contributed by atoms with van der Waals surface area (Å²) in [6, 6.07) is 13.8. The topological polar surface area (TPSA) is 71.9 Å². The fourth-order valence-electron chi connectivity index (χ4n) is 3.81. The maximum absolute atomic E-state index is 12.6. The third-order valence-corrected chi connectivity index (χ3v) is 5.65. The molecule has 0 aliphatic heterocycles. The second kappa shape index (κ2) is 8.61. The number of carbonyl (C=O) groups is 1. The second-order valence-electron chi connectivity index (χ2n) is 7.18. The molecule has 0 atom stereocenters. The predicted octanol–water partition coefficient (Wildman–Crippen LogP) is 4.52. The zero-order valence-corrected chi connectivity index (χ0v) is 17.2. The van der Waals surface area contributed by atoms with Crippen LogP contribution in [0, 0.1) is 4.77 Å². The average molecular weight is 409 g/mol. The Balaban J connectivity index is 1.46. The molecule has 7 heteroatoms. The van der Waals surface area contributed by atoms with Crippen LogP contribution in [0.1, 0.15) is 30.4 Å². The molecule has 3 aromatic rings. The number of H-pyrrole nitrogens is 1. The summed E-state index contributed by atoms with van der Waals surface area (Å²) in [6.07, 6.45) is 4.84. The molecule has 0 saturated carbocycles. The predicted molar refractivity (Wildman–Crippen MR) is 116 cm³/mol. The van der Waals surface area contributed by atoms with Gasteiger partial charge in [-0.3, -0.25) is 14.5 Å². The summed E-state index contributed by atoms with van der Waals surface area (Å²) in [5, 5.41) is 10.3. The Morgan fingerprint density at radius 2 is 2.00 bits per heavy atom. The van der Waals surface area contributed by atoms with Gasteiger partial charge in [-0.1, -0.05) is 12.1 Å². The molecule has 1 aliphatic rings. The summed E-state index contributed by atoms with van der Waals surface area (Å²) in [6.45, 7) is 0.456. The van der Waals surface area contributed by atoms with Crippen molar-refractivity contribution in [2.24, 2.45) is 0 Å². The quantitative estimate of drug-likeness (QED) is 0.588. The van der Waals surface area contributed by atoms with Crippen LogP contribution < -0.4 is 10.1 Å². The van der Waals surface area contributed by atoms with Crippen molar-refractivity contribution in [3.63, 3.8) is 0 Å². The van der Waals surface area contributed by atoms with Crippen molar-refractivity contribution in [1.29, 1.82) is 0 Å². The molecular formula is C22H24N4O2S. The van der Waals surface area contributed by atoms with E-state index >= 15 is 0 Å². The van der Waals surface area contributed by atoms with Gasteiger partial charge in [-0.2, -0.15) is 5.10 Å². The number of benzene rings is 2. The van der Waals surface area contributed by atoms with Gasteiger partial charge in [0.2, 0.25) is 5.91 Å². The number of rotatable bonds is 6. The van der Waals surface area contributed by atoms with Crippen LogP contribution in [0.15, 0.2) is 42.5 Å². The Labute approximate surface area is 174 Å². The first kappa shape index (κ1) is 19.4. The number of amides is 1. The molecule has 0 bridgehead atoms. The lowest BCUT2D eigenvalue weighted by molar-refractivity contribution is -0.116. The molecular weight excluding hydrogens is 384 g/mol. The van der Waals surface area contributed by atoms with Gasteiger partial charge in [0.25, 0.3) is 0 Å². The van der Waals surface area contributed by atoms with Crippen molar-refractivity contribution < 1.29 is 9.53 Å². The highest BCUT2D eigenvalue weighted by molar-refractivity contribution is 7.71. The van der Waals surface area contributed by atoms with E-state index in [-0.39, 0.29) is 5.91 Å². The summed E-state index contributed by atoms with van der Waals surface area (Å²) in [5.41, 5.74) is 4.49. The van der Waals surface area contributed by atoms with Crippen molar-refractivity contribution in [3.05, 3.63) is 58.4 Å². The fraction of sp³-hybridized carbons (Fsp3) is 0.318. The Hall–Kier alpha value is -2.93. The zero-order chi connectivity index (χ0) is 20.2. The van der Waals surface area contributed by atoms with Crippen molar-refractivity contribution in [2.45, 2.75) is 38.6 Å². The van der Waals surface area contributed by atoms with Gasteiger partial charge in [-0.15, -0.1) is 0 Å². The Morgan fingerprint density at radius 3 is 2.79 bits per heavy atom. The number of ether oxygens (including phenoxy) is 1. The molecule has 0 fully saturated rings. The molecule has 0 saturated heterocycles. The van der Waals surface area contributed by atoms with Gasteiger partial charge < -0.3 is 10.1 Å². The third kappa shape index (κ3) is 4.24. The van der Waals surface area contributed by atoms with Crippen LogP contribution in [0.3, 0.4) is 0 Å². The third-order valence-electron chi connectivity index (χ3n) is 5.34. The molecule has 1 aliphatic carbocycles. The molecule has 0 spiro atoms. The fourth-order valence-corrected chi connectivity index (χ4v) is 4.03. The largest absolute Gasteiger partial charge is 0.497 e. The van der Waals surface area contributed by atoms with Gasteiger partial charge in [0, 0.05) is 24.2 Å². The number of fused-ring (bicyclic) bond motifs is 1. The van der Waals surface area contributed by atoms with Crippen LogP contribution >= 0.6 is 12.2 Å². The van der Waals surface area contributed by atoms with Crippen molar-refractivity contribution in [3.8, 4) is 17.1 Å². The van der Waals surface area contributed by atoms with E-state index in [2.05, 4.69) is 21.6 Å². The molecule has 6 nitrogen and oxygen atoms in total. The number of carbonyl (C=O) groups excluding carboxylic acids is 1. The van der Waals surface area contributed by atoms with E-state index in [1.165, 1.54) is 24.0 Å². The highest BCUT2D eigenvalue weighted by Gasteiger charge is 2.15. The Morgan fingerprint density at radius 1 is 1.21 bits per heavy atom. The van der Waals surface area contributed by atoms with Gasteiger partial charge >= 0.3 is 0 Å². The number of hydrogen-bond donors (Lipinski definition) is 2. The Kier molecular flexibility index (Phi) is 5.76. The average Bonchev–Trinajstić information content (AvgIpc) is 3.13. The van der Waals surface area contributed by atoms with E-state index in [0.717, 1.165) is 29.8 Å². The molecule has 29 heavy (non-hydrogen) atoms. The summed E-state index contributed by atoms with van der Waals surface area (Å²) in [4.78, 5) is 12.6. The van der Waals surface area contributed by atoms with Gasteiger partial charge in [0.05, 0.1) is 7.11 Å². The van der Waals surface area contributed by atoms with Gasteiger partial charge in [0.1, 0.15) is 5.75 Å². The van der Waals surface area contributed by atoms with Crippen LogP contribution in [-0.4, -0.2) is 27.8 Å². The molecule has 150 valence electrons. The number of aromatic nitrogens is 3. The number of anilines is 1. The van der Waals surface area contributed by atoms with Crippen LogP contribution in [-0.2, 0) is 24.2 Å². The van der Waals surface area contributed by atoms with Crippen molar-refractivity contribution in [1.82, 2.24) is 14.8 Å². The Bertz CT molecular complexity index is 1070. The second-order valence-corrected chi connectivity index (χ2v) is 7.57. The number of hydrogen-bond acceptors (Lipinski definition) is 4. The van der Waals surface area contributed by atoms with Crippen LogP contribution in [0.5, 0.6) is 5.75 Å². The van der Waals surface area contributed by atoms with E-state index in [1.54, 1.807) is 7.11 Å². The molecule has 1 amide bonds. The molecule has 2 aromatic carbocycles. The van der Waals surface area contributed by atoms with E-state index < -0.39 is 0 Å². The van der Waals surface area contributed by atoms with E-state index in [1.807, 2.05) is 41.0 Å². The monoisotopic (exact) mass is 408 g/mol. The molecule has 4 rings (SSSR count). The SMILES string of the molecule is COc1ccc(-c2n[nH]c(=S)n2CCC(=O)Nc2cccc3c2CCCC3)cc1. The number of nitrogens with one attached hydrogen (secondary N) is 2. The maximum Gasteiger partial charge on any atom is 0.226 e. The minimum atomic E-state index is -0.0206. The molecule has 2 N–H and O–H groups in total. The highest BCUT2D eigenvalue weighted by Crippen LogP contribution is 2.28. The van der Waals surface area contributed by atoms with E-state index in [4.69, 9.17) is 17.0 Å². The van der Waals surface area contributed by atoms with Gasteiger partial charge in [0.15, 0.2) is 10.6 Å². The summed E-state index contributed by atoms with van der Waals surface area (Å²) in [7, 11) is 1.63. The summed E-state index contributed by atoms with van der Waals surface area (Å²) in [5.74, 6) is 1.47. The molecule has 1 heterocycles. The van der Waals surface area contributed by atoms with Crippen molar-refractivity contribution >= 4 is 23.8 Å². The molecule has 0 unspecified atom stereocenters. The van der Waals surface area contributed by atoms with Crippen LogP contribution in [0.4, 0.5) is 5.69 Å². The number of aromatic amines is 1. The summed E-state index contributed by atoms with van der Waals surface area (Å²) >= 11 is 5.37. The number of aryl methyl sites for hydroxylation is 1. The normalized spacial score (nSPS) is 13.0. The smallest absolute Gasteiger partial charge is 0.226 e. The highest BCUT2D eigenvalue weighted by atomic mass is 32.1. The van der Waals surface area contributed by atoms with E-state index in [9.17, 15) is 4.79 Å². The number of nitrogens with zero attached hydrogens (tertiary/aromatic N) is 2. The number of methoxy groups -OCH3 is 1. The molecule has 1 aromatic heterocycles. The summed E-state index contributed by atoms with van der Waals surface area (Å²) < 4.78 is 7.57. The standard InChI is InChI=1S/C22H24N4O2S/c1-28-17-11-9-16(10-12-17)21-24-25-22(29)26(21)14-13-20(27)23-19-8-4-6-15-5-2-3-7-18(15)19/h4,6,8-12H,2-3,5,7,13-14H2,1H3,(H,23,27)(H,25,29). The minimum absolute atomic E-state index is 0.0206. The van der Waals surface area contributed by atoms with E-state index in [0.29, 0.717) is 23.6 Å².